The molecule has 1 unspecified atom stereocenters. The molecule has 0 aromatic heterocycles. The molecule has 0 aromatic carbocycles. The van der Waals surface area contributed by atoms with Crippen LogP contribution in [-0.4, -0.2) is 34.4 Å². The van der Waals surface area contributed by atoms with Gasteiger partial charge in [0, 0.05) is 29.6 Å². The quantitative estimate of drug-likeness (QED) is 0.732. The average Bonchev–Trinajstić information content (AvgIpc) is 2.20. The number of nitrogens with zero attached hydrogens (tertiary/aromatic N) is 1. The van der Waals surface area contributed by atoms with Gasteiger partial charge in [0.1, 0.15) is 0 Å². The van der Waals surface area contributed by atoms with Crippen LogP contribution in [0.5, 0.6) is 0 Å². The molecule has 1 heterocycles. The summed E-state index contributed by atoms with van der Waals surface area (Å²) in [5.74, 6) is 0.243. The molecule has 1 amide bonds. The smallest absolute Gasteiger partial charge is 0.462 e. The molecule has 4 nitrogen and oxygen atoms in total. The molecule has 0 radical (unpaired) electrons. The van der Waals surface area contributed by atoms with Crippen LogP contribution in [0.1, 0.15) is 26.2 Å². The lowest BCUT2D eigenvalue weighted by Gasteiger charge is -2.29. The molecular weight excluding hydrogens is 202 g/mol. The predicted molar refractivity (Wildman–Crippen MR) is 54.5 cm³/mol. The summed E-state index contributed by atoms with van der Waals surface area (Å²) in [4.78, 5) is 12.2. The van der Waals surface area contributed by atoms with Crippen molar-refractivity contribution in [1.82, 2.24) is 4.90 Å². The van der Waals surface area contributed by atoms with Gasteiger partial charge in [0.05, 0.1) is 0 Å². The van der Waals surface area contributed by atoms with Crippen molar-refractivity contribution in [3.05, 3.63) is 0 Å². The number of carbonyl (C=O) groups is 1. The van der Waals surface area contributed by atoms with Crippen molar-refractivity contribution >= 4 is 17.8 Å². The largest absolute Gasteiger partial charge is 0.465 e. The number of amides is 1. The van der Waals surface area contributed by atoms with E-state index in [1.54, 1.807) is 0 Å². The Morgan fingerprint density at radius 3 is 2.93 bits per heavy atom. The third-order valence-electron chi connectivity index (χ3n) is 2.78. The van der Waals surface area contributed by atoms with Crippen molar-refractivity contribution in [3.8, 4) is 0 Å². The van der Waals surface area contributed by atoms with Crippen LogP contribution in [0.15, 0.2) is 0 Å². The van der Waals surface area contributed by atoms with Crippen molar-refractivity contribution < 1.29 is 14.1 Å². The molecule has 1 rings (SSSR count). The van der Waals surface area contributed by atoms with Gasteiger partial charge in [-0.2, -0.15) is 0 Å². The average molecular weight is 218 g/mol. The van der Waals surface area contributed by atoms with Gasteiger partial charge in [0.15, 0.2) is 0 Å². The Kier molecular flexibility index (Phi) is 4.25. The Bertz CT molecular complexity index is 222. The molecule has 2 atom stereocenters. The summed E-state index contributed by atoms with van der Waals surface area (Å²) in [6.07, 6.45) is 1.83. The molecule has 0 bridgehead atoms. The van der Waals surface area contributed by atoms with E-state index in [-0.39, 0.29) is 11.2 Å². The first-order valence-electron chi connectivity index (χ1n) is 4.95. The first kappa shape index (κ1) is 11.4. The lowest BCUT2D eigenvalue weighted by atomic mass is 9.93. The maximum atomic E-state index is 10.8. The van der Waals surface area contributed by atoms with Crippen LogP contribution >= 0.6 is 0 Å². The number of carboxylic acid groups (broad SMARTS) is 1. The fraction of sp³-hybridized carbons (Fsp3) is 0.889. The Morgan fingerprint density at radius 1 is 1.71 bits per heavy atom. The fourth-order valence-electron chi connectivity index (χ4n) is 1.97. The summed E-state index contributed by atoms with van der Waals surface area (Å²) in [7, 11) is 0. The van der Waals surface area contributed by atoms with Crippen LogP contribution in [0, 0.1) is 5.92 Å². The van der Waals surface area contributed by atoms with E-state index in [1.165, 1.54) is 4.90 Å². The molecule has 0 saturated carbocycles. The number of likely N-dealkylation sites (tertiary alicyclic amines) is 1. The van der Waals surface area contributed by atoms with Crippen LogP contribution in [-0.2, 0) is 15.9 Å². The van der Waals surface area contributed by atoms with Gasteiger partial charge in [-0.05, 0) is 12.8 Å². The van der Waals surface area contributed by atoms with Gasteiger partial charge in [-0.15, -0.1) is 0 Å². The Morgan fingerprint density at radius 2 is 2.43 bits per heavy atom. The summed E-state index contributed by atoms with van der Waals surface area (Å²) in [6, 6.07) is 0. The molecular formula is C9H16NO3S+. The zero-order valence-electron chi connectivity index (χ0n) is 8.31. The number of piperidine rings is 1. The highest BCUT2D eigenvalue weighted by Crippen LogP contribution is 2.22. The third kappa shape index (κ3) is 2.64. The Hall–Kier alpha value is -0.710. The monoisotopic (exact) mass is 218 g/mol. The number of rotatable bonds is 3. The summed E-state index contributed by atoms with van der Waals surface area (Å²) < 4.78 is 10.8. The second kappa shape index (κ2) is 5.24. The second-order valence-electron chi connectivity index (χ2n) is 3.67. The topological polar surface area (TPSA) is 57.6 Å². The van der Waals surface area contributed by atoms with Crippen LogP contribution in [0.25, 0.3) is 0 Å². The van der Waals surface area contributed by atoms with E-state index >= 15 is 0 Å². The molecule has 5 heteroatoms. The van der Waals surface area contributed by atoms with Crippen molar-refractivity contribution in [2.24, 2.45) is 5.92 Å². The second-order valence-corrected chi connectivity index (χ2v) is 4.47. The maximum Gasteiger partial charge on any atom is 0.462 e. The van der Waals surface area contributed by atoms with Crippen LogP contribution in [0.4, 0.5) is 4.79 Å². The number of hydrogen-bond donors (Lipinski definition) is 1. The van der Waals surface area contributed by atoms with E-state index in [9.17, 15) is 9.00 Å². The van der Waals surface area contributed by atoms with Gasteiger partial charge in [0.2, 0.25) is 5.25 Å². The first-order chi connectivity index (χ1) is 6.69. The molecule has 0 spiro atoms. The van der Waals surface area contributed by atoms with Gasteiger partial charge in [-0.1, -0.05) is 6.92 Å². The van der Waals surface area contributed by atoms with E-state index < -0.39 is 6.09 Å². The maximum absolute atomic E-state index is 10.8. The van der Waals surface area contributed by atoms with Gasteiger partial charge in [-0.3, -0.25) is 0 Å². The van der Waals surface area contributed by atoms with E-state index in [2.05, 4.69) is 0 Å². The lowest BCUT2D eigenvalue weighted by Crippen LogP contribution is -2.42. The van der Waals surface area contributed by atoms with Gasteiger partial charge >= 0.3 is 17.8 Å². The summed E-state index contributed by atoms with van der Waals surface area (Å²) in [5, 5.41) is 8.89. The lowest BCUT2D eigenvalue weighted by molar-refractivity contribution is 0.119. The van der Waals surface area contributed by atoms with Crippen LogP contribution in [0.3, 0.4) is 0 Å². The zero-order valence-corrected chi connectivity index (χ0v) is 9.13. The highest BCUT2D eigenvalue weighted by atomic mass is 32.1. The van der Waals surface area contributed by atoms with Crippen molar-refractivity contribution in [2.75, 3.05) is 13.1 Å². The predicted octanol–water partition coefficient (Wildman–Crippen LogP) is 1.58. The summed E-state index contributed by atoms with van der Waals surface area (Å²) in [6.45, 7) is 3.13. The minimum Gasteiger partial charge on any atom is -0.465 e. The van der Waals surface area contributed by atoms with Crippen molar-refractivity contribution in [3.63, 3.8) is 0 Å². The van der Waals surface area contributed by atoms with Crippen LogP contribution in [0.2, 0.25) is 0 Å². The van der Waals surface area contributed by atoms with Gasteiger partial charge in [-0.25, -0.2) is 4.79 Å². The molecule has 80 valence electrons. The molecule has 1 aliphatic rings. The molecule has 1 N–H and O–H groups in total. The Labute approximate surface area is 87.8 Å². The highest BCUT2D eigenvalue weighted by molar-refractivity contribution is 7.66. The third-order valence-corrected chi connectivity index (χ3v) is 3.75. The minimum absolute atomic E-state index is 0.0668. The molecule has 1 fully saturated rings. The van der Waals surface area contributed by atoms with Gasteiger partial charge < -0.3 is 10.0 Å². The van der Waals surface area contributed by atoms with Crippen molar-refractivity contribution in [1.29, 1.82) is 0 Å². The molecule has 1 aliphatic heterocycles. The van der Waals surface area contributed by atoms with E-state index in [1.807, 2.05) is 6.92 Å². The SMILES string of the molecule is CCC([S+]=O)[C@H]1CCCN(C(=O)O)C1. The standard InChI is InChI=1S/C9H15NO3S/c1-2-8(14-13)7-4-3-5-10(6-7)9(11)12/h7-8H,2-6H2,1H3/p+1/t7-,8?/m0/s1. The van der Waals surface area contributed by atoms with E-state index in [0.29, 0.717) is 24.8 Å². The molecule has 14 heavy (non-hydrogen) atoms. The normalized spacial score (nSPS) is 24.4. The van der Waals surface area contributed by atoms with E-state index in [4.69, 9.17) is 5.11 Å². The molecule has 1 saturated heterocycles. The van der Waals surface area contributed by atoms with E-state index in [0.717, 1.165) is 19.3 Å². The number of hydrogen-bond acceptors (Lipinski definition) is 2. The summed E-state index contributed by atoms with van der Waals surface area (Å²) >= 11 is 0.621. The highest BCUT2D eigenvalue weighted by Gasteiger charge is 2.35. The Balaban J connectivity index is 2.54. The van der Waals surface area contributed by atoms with Crippen LogP contribution < -0.4 is 0 Å². The molecule has 0 aliphatic carbocycles. The summed E-state index contributed by atoms with van der Waals surface area (Å²) in [5.41, 5.74) is 0. The van der Waals surface area contributed by atoms with Crippen molar-refractivity contribution in [2.45, 2.75) is 31.4 Å². The van der Waals surface area contributed by atoms with Gasteiger partial charge in [0.25, 0.3) is 0 Å². The first-order valence-corrected chi connectivity index (χ1v) is 5.76. The fourth-order valence-corrected chi connectivity index (χ4v) is 2.48. The minimum atomic E-state index is -0.861. The molecule has 0 aromatic rings. The zero-order chi connectivity index (χ0) is 10.6.